The molecule has 1 spiro atoms. The molecule has 6 atom stereocenters. The Hall–Kier alpha value is -3.64. The van der Waals surface area contributed by atoms with Crippen LogP contribution in [-0.2, 0) is 21.1 Å². The number of benzene rings is 2. The van der Waals surface area contributed by atoms with Gasteiger partial charge in [0, 0.05) is 24.1 Å². The van der Waals surface area contributed by atoms with E-state index in [9.17, 15) is 19.5 Å². The molecule has 0 aliphatic carbocycles. The van der Waals surface area contributed by atoms with Gasteiger partial charge in [-0.1, -0.05) is 24.3 Å². The third kappa shape index (κ3) is 4.70. The number of thioether (sulfide) groups is 1. The van der Waals surface area contributed by atoms with Gasteiger partial charge in [-0.05, 0) is 68.5 Å². The van der Waals surface area contributed by atoms with Gasteiger partial charge in [0.1, 0.15) is 24.0 Å². The van der Waals surface area contributed by atoms with Crippen LogP contribution in [0.4, 0.5) is 5.69 Å². The summed E-state index contributed by atoms with van der Waals surface area (Å²) in [6, 6.07) is 14.0. The summed E-state index contributed by atoms with van der Waals surface area (Å²) in [5.74, 6) is -1.01. The highest BCUT2D eigenvalue weighted by molar-refractivity contribution is 8.02. The number of nitrogens with zero attached hydrogens (tertiary/aromatic N) is 4. The Bertz CT molecular complexity index is 1480. The van der Waals surface area contributed by atoms with Crippen molar-refractivity contribution < 1.29 is 24.2 Å². The lowest BCUT2D eigenvalue weighted by Gasteiger charge is -2.38. The maximum absolute atomic E-state index is 14.2. The summed E-state index contributed by atoms with van der Waals surface area (Å²) in [6.45, 7) is 5.01. The topological polar surface area (TPSA) is 139 Å². The number of ether oxygens (including phenoxy) is 1. The highest BCUT2D eigenvalue weighted by Gasteiger charge is 2.75. The lowest BCUT2D eigenvalue weighted by atomic mass is 9.66. The number of fused-ring (bicyclic) bond motifs is 2. The third-order valence-corrected chi connectivity index (χ3v) is 10.9. The van der Waals surface area contributed by atoms with E-state index in [-0.39, 0.29) is 42.2 Å². The molecule has 1 aromatic heterocycles. The minimum Gasteiger partial charge on any atom is -0.494 e. The Balaban J connectivity index is 1.26. The summed E-state index contributed by atoms with van der Waals surface area (Å²) in [5, 5.41) is 23.7. The Morgan fingerprint density at radius 2 is 1.93 bits per heavy atom. The molecular weight excluding hydrogens is 556 g/mol. The molecule has 3 aromatic rings. The fraction of sp³-hybridized carbons (Fsp3) is 0.500. The number of hydrogen-bond acceptors (Lipinski definition) is 8. The highest BCUT2D eigenvalue weighted by atomic mass is 32.2. The largest absolute Gasteiger partial charge is 0.494 e. The van der Waals surface area contributed by atoms with Crippen LogP contribution >= 0.6 is 11.8 Å². The number of nitrogens with one attached hydrogen (secondary N) is 2. The molecule has 3 amide bonds. The number of likely N-dealkylation sites (tertiary alicyclic amines) is 1. The van der Waals surface area contributed by atoms with Crippen molar-refractivity contribution in [2.75, 3.05) is 25.1 Å². The third-order valence-electron chi connectivity index (χ3n) is 8.86. The standard InChI is InChI=1S/C30H36N6O5S/c1-3-41-20-12-10-19(11-13-20)32-27(38)24-23-16-18(2)30(42-23)25(24)29(40)35(14-6-7-15-37)26(30)28(39)31-17-36-22-9-5-4-8-21(22)33-34-36/h4-5,8-13,18,23-26,37H,3,6-7,14-17H2,1-2H3,(H,31,39)(H,32,38)/t18?,23-,24+,25-,26?,30?/m0/s1. The van der Waals surface area contributed by atoms with Crippen LogP contribution in [-0.4, -0.2) is 78.5 Å². The average molecular weight is 593 g/mol. The van der Waals surface area contributed by atoms with Gasteiger partial charge in [-0.25, -0.2) is 4.68 Å². The molecule has 0 radical (unpaired) electrons. The SMILES string of the molecule is CCOc1ccc(NC(=O)[C@@H]2[C@@H]3CC(C)C4(S3)C(C(=O)NCn3nnc5ccccc53)N(CCCCO)C(=O)[C@H]24)cc1. The normalized spacial score (nSPS) is 27.8. The summed E-state index contributed by atoms with van der Waals surface area (Å²) < 4.78 is 6.41. The van der Waals surface area contributed by atoms with Crippen LogP contribution < -0.4 is 15.4 Å². The first-order valence-electron chi connectivity index (χ1n) is 14.6. The highest BCUT2D eigenvalue weighted by Crippen LogP contribution is 2.68. The van der Waals surface area contributed by atoms with Gasteiger partial charge in [0.2, 0.25) is 17.7 Å². The zero-order chi connectivity index (χ0) is 29.4. The number of hydrogen-bond donors (Lipinski definition) is 3. The summed E-state index contributed by atoms with van der Waals surface area (Å²) in [7, 11) is 0. The van der Waals surface area contributed by atoms with Gasteiger partial charge in [0.05, 0.1) is 28.7 Å². The number of para-hydroxylation sites is 1. The van der Waals surface area contributed by atoms with Crippen molar-refractivity contribution in [2.45, 2.75) is 55.8 Å². The molecule has 222 valence electrons. The molecule has 3 aliphatic rings. The van der Waals surface area contributed by atoms with Crippen molar-refractivity contribution in [3.63, 3.8) is 0 Å². The first kappa shape index (κ1) is 28.5. The molecule has 42 heavy (non-hydrogen) atoms. The predicted octanol–water partition coefficient (Wildman–Crippen LogP) is 2.65. The summed E-state index contributed by atoms with van der Waals surface area (Å²) in [4.78, 5) is 43.7. The Kier molecular flexibility index (Phi) is 7.84. The lowest BCUT2D eigenvalue weighted by molar-refractivity contribution is -0.139. The maximum atomic E-state index is 14.2. The van der Waals surface area contributed by atoms with Gasteiger partial charge >= 0.3 is 0 Å². The minimum atomic E-state index is -0.739. The monoisotopic (exact) mass is 592 g/mol. The van der Waals surface area contributed by atoms with Gasteiger partial charge in [0.25, 0.3) is 0 Å². The maximum Gasteiger partial charge on any atom is 0.245 e. The van der Waals surface area contributed by atoms with Crippen molar-refractivity contribution in [2.24, 2.45) is 17.8 Å². The molecule has 3 fully saturated rings. The minimum absolute atomic E-state index is 0.00712. The van der Waals surface area contributed by atoms with Crippen LogP contribution in [0.1, 0.15) is 33.1 Å². The van der Waals surface area contributed by atoms with Crippen LogP contribution in [0.5, 0.6) is 5.75 Å². The number of aromatic nitrogens is 3. The smallest absolute Gasteiger partial charge is 0.245 e. The number of carbonyl (C=O) groups is 3. The molecule has 3 aliphatic heterocycles. The van der Waals surface area contributed by atoms with Gasteiger partial charge < -0.3 is 25.4 Å². The molecule has 6 rings (SSSR count). The van der Waals surface area contributed by atoms with Gasteiger partial charge in [0.15, 0.2) is 0 Å². The first-order chi connectivity index (χ1) is 20.4. The van der Waals surface area contributed by atoms with Crippen LogP contribution in [0.3, 0.4) is 0 Å². The number of unbranched alkanes of at least 4 members (excludes halogenated alkanes) is 1. The molecule has 2 aromatic carbocycles. The number of aliphatic hydroxyl groups is 1. The van der Waals surface area contributed by atoms with E-state index in [0.717, 1.165) is 23.2 Å². The second-order valence-electron chi connectivity index (χ2n) is 11.2. The van der Waals surface area contributed by atoms with E-state index >= 15 is 0 Å². The van der Waals surface area contributed by atoms with Crippen molar-refractivity contribution >= 4 is 46.2 Å². The number of aliphatic hydroxyl groups excluding tert-OH is 1. The Labute approximate surface area is 248 Å². The second-order valence-corrected chi connectivity index (χ2v) is 12.8. The van der Waals surface area contributed by atoms with Crippen molar-refractivity contribution in [1.82, 2.24) is 25.2 Å². The predicted molar refractivity (Wildman–Crippen MR) is 159 cm³/mol. The van der Waals surface area contributed by atoms with Crippen molar-refractivity contribution in [3.05, 3.63) is 48.5 Å². The van der Waals surface area contributed by atoms with Crippen molar-refractivity contribution in [3.8, 4) is 5.75 Å². The first-order valence-corrected chi connectivity index (χ1v) is 15.5. The van der Waals surface area contributed by atoms with E-state index < -0.39 is 22.6 Å². The molecule has 11 nitrogen and oxygen atoms in total. The average Bonchev–Trinajstić information content (AvgIpc) is 3.71. The quantitative estimate of drug-likeness (QED) is 0.289. The zero-order valence-corrected chi connectivity index (χ0v) is 24.5. The Morgan fingerprint density at radius 3 is 2.69 bits per heavy atom. The van der Waals surface area contributed by atoms with Crippen LogP contribution in [0.25, 0.3) is 11.0 Å². The van der Waals surface area contributed by atoms with E-state index in [2.05, 4.69) is 27.9 Å². The lowest BCUT2D eigenvalue weighted by Crippen LogP contribution is -2.56. The van der Waals surface area contributed by atoms with Gasteiger partial charge in [-0.15, -0.1) is 16.9 Å². The Morgan fingerprint density at radius 1 is 1.14 bits per heavy atom. The summed E-state index contributed by atoms with van der Waals surface area (Å²) in [5.41, 5.74) is 2.16. The molecule has 3 N–H and O–H groups in total. The zero-order valence-electron chi connectivity index (χ0n) is 23.7. The molecule has 3 saturated heterocycles. The van der Waals surface area contributed by atoms with E-state index in [4.69, 9.17) is 4.74 Å². The number of carbonyl (C=O) groups excluding carboxylic acids is 3. The fourth-order valence-electron chi connectivity index (χ4n) is 7.06. The molecular formula is C30H36N6O5S. The second kappa shape index (κ2) is 11.6. The van der Waals surface area contributed by atoms with Gasteiger partial charge in [-0.3, -0.25) is 14.4 Å². The van der Waals surface area contributed by atoms with E-state index in [1.54, 1.807) is 45.6 Å². The molecule has 3 unspecified atom stereocenters. The van der Waals surface area contributed by atoms with Crippen molar-refractivity contribution in [1.29, 1.82) is 0 Å². The van der Waals surface area contributed by atoms with Crippen LogP contribution in [0.2, 0.25) is 0 Å². The number of rotatable bonds is 11. The molecule has 12 heteroatoms. The van der Waals surface area contributed by atoms with E-state index in [1.165, 1.54) is 0 Å². The van der Waals surface area contributed by atoms with Crippen LogP contribution in [0.15, 0.2) is 48.5 Å². The molecule has 2 bridgehead atoms. The molecule has 4 heterocycles. The summed E-state index contributed by atoms with van der Waals surface area (Å²) in [6.07, 6.45) is 1.83. The van der Waals surface area contributed by atoms with E-state index in [1.807, 2.05) is 31.2 Å². The van der Waals surface area contributed by atoms with Crippen LogP contribution in [0, 0.1) is 17.8 Å². The molecule has 0 saturated carbocycles. The number of anilines is 1. The van der Waals surface area contributed by atoms with Gasteiger partial charge in [-0.2, -0.15) is 0 Å². The summed E-state index contributed by atoms with van der Waals surface area (Å²) >= 11 is 1.63. The fourth-order valence-corrected chi connectivity index (χ4v) is 9.49. The number of amides is 3. The van der Waals surface area contributed by atoms with E-state index in [0.29, 0.717) is 31.7 Å².